The fraction of sp³-hybridized carbons (Fsp3) is 0.0870. The summed E-state index contributed by atoms with van der Waals surface area (Å²) in [6, 6.07) is 21.9. The van der Waals surface area contributed by atoms with Crippen LogP contribution in [0, 0.1) is 0 Å². The minimum absolute atomic E-state index is 0.620. The van der Waals surface area contributed by atoms with Crippen molar-refractivity contribution in [1.82, 2.24) is 5.32 Å². The first-order chi connectivity index (χ1) is 13.7. The third-order valence-corrected chi connectivity index (χ3v) is 5.27. The molecule has 4 aromatic rings. The van der Waals surface area contributed by atoms with Crippen molar-refractivity contribution in [2.45, 2.75) is 0 Å². The largest absolute Gasteiger partial charge is 0.456 e. The van der Waals surface area contributed by atoms with Gasteiger partial charge in [0.2, 0.25) is 0 Å². The molecule has 0 aliphatic carbocycles. The van der Waals surface area contributed by atoms with Gasteiger partial charge in [0.1, 0.15) is 17.2 Å². The van der Waals surface area contributed by atoms with E-state index >= 15 is 0 Å². The molecular weight excluding hydrogens is 391 g/mol. The summed E-state index contributed by atoms with van der Waals surface area (Å²) in [6.07, 6.45) is 0. The second kappa shape index (κ2) is 7.01. The maximum absolute atomic E-state index is 6.16. The van der Waals surface area contributed by atoms with E-state index in [1.54, 1.807) is 6.07 Å². The van der Waals surface area contributed by atoms with Crippen LogP contribution < -0.4 is 5.32 Å². The van der Waals surface area contributed by atoms with Crippen molar-refractivity contribution in [3.05, 3.63) is 82.3 Å². The minimum Gasteiger partial charge on any atom is -0.456 e. The van der Waals surface area contributed by atoms with Gasteiger partial charge in [-0.3, -0.25) is 4.99 Å². The summed E-state index contributed by atoms with van der Waals surface area (Å²) in [6.45, 7) is 1.67. The van der Waals surface area contributed by atoms with Crippen LogP contribution in [-0.2, 0) is 0 Å². The van der Waals surface area contributed by atoms with Gasteiger partial charge in [-0.15, -0.1) is 0 Å². The molecule has 5 rings (SSSR count). The second-order valence-corrected chi connectivity index (χ2v) is 7.60. The van der Waals surface area contributed by atoms with Crippen molar-refractivity contribution in [3.63, 3.8) is 0 Å². The Morgan fingerprint density at radius 3 is 2.36 bits per heavy atom. The zero-order valence-electron chi connectivity index (χ0n) is 14.9. The standard InChI is InChI=1S/C23H16Cl2N2O/c24-17-10-15(11-18(25)13-17)14-5-6-21-16(9-14)12-22(28-21)19-3-1-2-4-20(19)23-26-7-8-27-23/h1-6,9-13H,7-8H2,(H,26,27). The van der Waals surface area contributed by atoms with Crippen LogP contribution >= 0.6 is 23.2 Å². The van der Waals surface area contributed by atoms with Crippen molar-refractivity contribution in [3.8, 4) is 22.5 Å². The molecule has 0 bridgehead atoms. The molecule has 138 valence electrons. The number of fused-ring (bicyclic) bond motifs is 1. The number of benzene rings is 3. The molecule has 1 aliphatic heterocycles. The summed E-state index contributed by atoms with van der Waals surface area (Å²) < 4.78 is 6.16. The van der Waals surface area contributed by atoms with Gasteiger partial charge in [-0.1, -0.05) is 53.5 Å². The molecule has 1 aliphatic rings. The van der Waals surface area contributed by atoms with Gasteiger partial charge in [-0.25, -0.2) is 0 Å². The van der Waals surface area contributed by atoms with Gasteiger partial charge in [0.15, 0.2) is 0 Å². The molecule has 0 spiro atoms. The predicted octanol–water partition coefficient (Wildman–Crippen LogP) is 6.42. The fourth-order valence-corrected chi connectivity index (χ4v) is 4.08. The fourth-order valence-electron chi connectivity index (χ4n) is 3.56. The van der Waals surface area contributed by atoms with E-state index in [1.165, 1.54) is 0 Å². The monoisotopic (exact) mass is 406 g/mol. The van der Waals surface area contributed by atoms with Gasteiger partial charge in [-0.2, -0.15) is 0 Å². The Morgan fingerprint density at radius 2 is 1.61 bits per heavy atom. The summed E-state index contributed by atoms with van der Waals surface area (Å²) in [5, 5.41) is 5.61. The van der Waals surface area contributed by atoms with Gasteiger partial charge in [0.05, 0.1) is 6.54 Å². The molecule has 0 unspecified atom stereocenters. The highest BCUT2D eigenvalue weighted by molar-refractivity contribution is 6.35. The van der Waals surface area contributed by atoms with Crippen LogP contribution in [0.2, 0.25) is 10.0 Å². The van der Waals surface area contributed by atoms with Crippen LogP contribution in [-0.4, -0.2) is 18.9 Å². The number of rotatable bonds is 3. The number of amidine groups is 1. The number of hydrogen-bond donors (Lipinski definition) is 1. The maximum atomic E-state index is 6.16. The summed E-state index contributed by atoms with van der Waals surface area (Å²) in [5.74, 6) is 1.74. The lowest BCUT2D eigenvalue weighted by atomic mass is 10.0. The number of nitrogens with zero attached hydrogens (tertiary/aromatic N) is 1. The summed E-state index contributed by atoms with van der Waals surface area (Å²) in [5.41, 5.74) is 4.94. The minimum atomic E-state index is 0.620. The average molecular weight is 407 g/mol. The number of aliphatic imine (C=N–C) groups is 1. The Morgan fingerprint density at radius 1 is 0.821 bits per heavy atom. The molecule has 0 atom stereocenters. The second-order valence-electron chi connectivity index (χ2n) is 6.72. The highest BCUT2D eigenvalue weighted by Crippen LogP contribution is 2.34. The normalized spacial score (nSPS) is 13.6. The molecule has 1 N–H and O–H groups in total. The number of furan rings is 1. The maximum Gasteiger partial charge on any atom is 0.136 e. The van der Waals surface area contributed by atoms with Crippen LogP contribution in [0.5, 0.6) is 0 Å². The first-order valence-corrected chi connectivity index (χ1v) is 9.81. The van der Waals surface area contributed by atoms with E-state index in [2.05, 4.69) is 34.6 Å². The third-order valence-electron chi connectivity index (χ3n) is 4.83. The zero-order chi connectivity index (χ0) is 19.1. The van der Waals surface area contributed by atoms with E-state index in [-0.39, 0.29) is 0 Å². The van der Waals surface area contributed by atoms with Crippen molar-refractivity contribution in [2.75, 3.05) is 13.1 Å². The predicted molar refractivity (Wildman–Crippen MR) is 117 cm³/mol. The van der Waals surface area contributed by atoms with E-state index in [4.69, 9.17) is 27.6 Å². The molecule has 0 amide bonds. The van der Waals surface area contributed by atoms with E-state index in [9.17, 15) is 0 Å². The number of hydrogen-bond acceptors (Lipinski definition) is 3. The summed E-state index contributed by atoms with van der Waals surface area (Å²) in [4.78, 5) is 4.56. The molecule has 3 aromatic carbocycles. The van der Waals surface area contributed by atoms with Crippen molar-refractivity contribution >= 4 is 40.0 Å². The molecule has 0 fully saturated rings. The Bertz CT molecular complexity index is 1210. The molecule has 0 radical (unpaired) electrons. The van der Waals surface area contributed by atoms with E-state index in [0.29, 0.717) is 10.0 Å². The highest BCUT2D eigenvalue weighted by Gasteiger charge is 2.16. The molecule has 5 heteroatoms. The van der Waals surface area contributed by atoms with E-state index in [0.717, 1.165) is 57.9 Å². The van der Waals surface area contributed by atoms with Crippen molar-refractivity contribution < 1.29 is 4.42 Å². The van der Waals surface area contributed by atoms with Crippen LogP contribution in [0.25, 0.3) is 33.4 Å². The molecule has 1 aromatic heterocycles. The first kappa shape index (κ1) is 17.4. The summed E-state index contributed by atoms with van der Waals surface area (Å²) in [7, 11) is 0. The van der Waals surface area contributed by atoms with E-state index < -0.39 is 0 Å². The zero-order valence-corrected chi connectivity index (χ0v) is 16.4. The quantitative estimate of drug-likeness (QED) is 0.425. The lowest BCUT2D eigenvalue weighted by molar-refractivity contribution is 0.631. The first-order valence-electron chi connectivity index (χ1n) is 9.05. The average Bonchev–Trinajstić information content (AvgIpc) is 3.36. The number of halogens is 2. The Labute approximate surface area is 172 Å². The molecule has 2 heterocycles. The SMILES string of the molecule is Clc1cc(Cl)cc(-c2ccc3oc(-c4ccccc4C4=NCCN4)cc3c2)c1. The Hall–Kier alpha value is -2.75. The Balaban J connectivity index is 1.60. The van der Waals surface area contributed by atoms with Crippen molar-refractivity contribution in [1.29, 1.82) is 0 Å². The van der Waals surface area contributed by atoms with Crippen LogP contribution in [0.1, 0.15) is 5.56 Å². The van der Waals surface area contributed by atoms with Crippen molar-refractivity contribution in [2.24, 2.45) is 4.99 Å². The van der Waals surface area contributed by atoms with Crippen LogP contribution in [0.4, 0.5) is 0 Å². The topological polar surface area (TPSA) is 37.5 Å². The third kappa shape index (κ3) is 3.17. The van der Waals surface area contributed by atoms with Gasteiger partial charge < -0.3 is 9.73 Å². The van der Waals surface area contributed by atoms with Gasteiger partial charge in [-0.05, 0) is 47.5 Å². The molecule has 0 saturated carbocycles. The summed E-state index contributed by atoms with van der Waals surface area (Å²) >= 11 is 12.3. The van der Waals surface area contributed by atoms with Crippen LogP contribution in [0.3, 0.4) is 0 Å². The number of nitrogens with one attached hydrogen (secondary N) is 1. The van der Waals surface area contributed by atoms with Gasteiger partial charge in [0, 0.05) is 33.1 Å². The molecule has 0 saturated heterocycles. The lowest BCUT2D eigenvalue weighted by Gasteiger charge is -2.07. The van der Waals surface area contributed by atoms with Gasteiger partial charge in [0.25, 0.3) is 0 Å². The molecule has 28 heavy (non-hydrogen) atoms. The highest BCUT2D eigenvalue weighted by atomic mass is 35.5. The van der Waals surface area contributed by atoms with Gasteiger partial charge >= 0.3 is 0 Å². The van der Waals surface area contributed by atoms with E-state index in [1.807, 2.05) is 36.4 Å². The molecular formula is C23H16Cl2N2O. The Kier molecular flexibility index (Phi) is 4.34. The lowest BCUT2D eigenvalue weighted by Crippen LogP contribution is -2.20. The van der Waals surface area contributed by atoms with Crippen LogP contribution in [0.15, 0.2) is 76.1 Å². The molecule has 3 nitrogen and oxygen atoms in total. The smallest absolute Gasteiger partial charge is 0.136 e.